The molecule has 5 nitrogen and oxygen atoms in total. The van der Waals surface area contributed by atoms with Crippen LogP contribution in [-0.4, -0.2) is 19.6 Å². The van der Waals surface area contributed by atoms with Gasteiger partial charge in [0, 0.05) is 11.0 Å². The number of nitrogens with one attached hydrogen (secondary N) is 1. The number of hydrogen-bond acceptors (Lipinski definition) is 5. The molecule has 0 aliphatic rings. The van der Waals surface area contributed by atoms with Gasteiger partial charge in [-0.05, 0) is 52.3 Å². The van der Waals surface area contributed by atoms with Crippen molar-refractivity contribution >= 4 is 23.3 Å². The van der Waals surface area contributed by atoms with Crippen LogP contribution in [0.3, 0.4) is 0 Å². The van der Waals surface area contributed by atoms with Crippen LogP contribution in [-0.2, 0) is 4.79 Å². The molecule has 1 unspecified atom stereocenters. The molecule has 0 radical (unpaired) electrons. The van der Waals surface area contributed by atoms with Crippen LogP contribution in [0.15, 0.2) is 66.1 Å². The van der Waals surface area contributed by atoms with Crippen molar-refractivity contribution in [3.8, 4) is 17.6 Å². The Labute approximate surface area is 192 Å². The van der Waals surface area contributed by atoms with E-state index in [0.29, 0.717) is 17.4 Å². The van der Waals surface area contributed by atoms with Gasteiger partial charge in [0.1, 0.15) is 6.07 Å². The van der Waals surface area contributed by atoms with E-state index in [1.54, 1.807) is 35.6 Å². The molecular formula is C26H26N2O3S. The molecule has 3 rings (SSSR count). The molecule has 0 spiro atoms. The standard InChI is InChI=1S/C26H26N2O3S/c1-18(2)20-8-10-21(11-9-20)26(24-5-4-16-32-24)28-25(29)13-7-19-6-12-22(31-15-14-27)23(17-19)30-3/h4-13,16-18,26H,15H2,1-3H3,(H,28,29)/b13-7+. The summed E-state index contributed by atoms with van der Waals surface area (Å²) in [7, 11) is 1.53. The molecule has 1 aromatic heterocycles. The highest BCUT2D eigenvalue weighted by molar-refractivity contribution is 7.10. The summed E-state index contributed by atoms with van der Waals surface area (Å²) >= 11 is 1.61. The Kier molecular flexibility index (Phi) is 8.07. The summed E-state index contributed by atoms with van der Waals surface area (Å²) in [5, 5.41) is 13.8. The number of nitriles is 1. The number of ether oxygens (including phenoxy) is 2. The quantitative estimate of drug-likeness (QED) is 0.428. The maximum absolute atomic E-state index is 12.7. The molecule has 0 fully saturated rings. The maximum Gasteiger partial charge on any atom is 0.244 e. The number of carbonyl (C=O) groups is 1. The Hall–Kier alpha value is -3.56. The van der Waals surface area contributed by atoms with E-state index in [1.807, 2.05) is 23.6 Å². The minimum atomic E-state index is -0.218. The molecule has 1 N–H and O–H groups in total. The Morgan fingerprint density at radius 2 is 1.88 bits per heavy atom. The molecule has 0 bridgehead atoms. The molecule has 1 heterocycles. The second-order valence-corrected chi connectivity index (χ2v) is 8.45. The molecule has 2 aromatic carbocycles. The van der Waals surface area contributed by atoms with E-state index in [9.17, 15) is 4.79 Å². The molecule has 32 heavy (non-hydrogen) atoms. The van der Waals surface area contributed by atoms with Crippen LogP contribution in [0.1, 0.15) is 47.4 Å². The second kappa shape index (κ2) is 11.2. The van der Waals surface area contributed by atoms with Gasteiger partial charge in [-0.25, -0.2) is 0 Å². The van der Waals surface area contributed by atoms with Gasteiger partial charge in [-0.15, -0.1) is 11.3 Å². The van der Waals surface area contributed by atoms with Crippen molar-refractivity contribution < 1.29 is 14.3 Å². The lowest BCUT2D eigenvalue weighted by Gasteiger charge is -2.18. The second-order valence-electron chi connectivity index (χ2n) is 7.47. The number of thiophene rings is 1. The van der Waals surface area contributed by atoms with Gasteiger partial charge in [-0.1, -0.05) is 50.2 Å². The zero-order chi connectivity index (χ0) is 22.9. The summed E-state index contributed by atoms with van der Waals surface area (Å²) in [5.74, 6) is 1.25. The molecule has 0 saturated carbocycles. The van der Waals surface area contributed by atoms with Gasteiger partial charge in [0.25, 0.3) is 0 Å². The smallest absolute Gasteiger partial charge is 0.244 e. The Morgan fingerprint density at radius 3 is 2.50 bits per heavy atom. The van der Waals surface area contributed by atoms with Gasteiger partial charge in [0.05, 0.1) is 13.2 Å². The maximum atomic E-state index is 12.7. The highest BCUT2D eigenvalue weighted by atomic mass is 32.1. The summed E-state index contributed by atoms with van der Waals surface area (Å²) in [6.07, 6.45) is 3.23. The van der Waals surface area contributed by atoms with Crippen molar-refractivity contribution in [1.82, 2.24) is 5.32 Å². The fraction of sp³-hybridized carbons (Fsp3) is 0.231. The third-order valence-electron chi connectivity index (χ3n) is 4.96. The third kappa shape index (κ3) is 5.99. The summed E-state index contributed by atoms with van der Waals surface area (Å²) in [4.78, 5) is 13.8. The lowest BCUT2D eigenvalue weighted by molar-refractivity contribution is -0.116. The highest BCUT2D eigenvalue weighted by Gasteiger charge is 2.17. The molecule has 3 aromatic rings. The molecule has 0 aliphatic heterocycles. The number of hydrogen-bond donors (Lipinski definition) is 1. The van der Waals surface area contributed by atoms with Gasteiger partial charge in [0.15, 0.2) is 18.1 Å². The van der Waals surface area contributed by atoms with Crippen LogP contribution in [0, 0.1) is 11.3 Å². The van der Waals surface area contributed by atoms with Gasteiger partial charge in [0.2, 0.25) is 5.91 Å². The monoisotopic (exact) mass is 446 g/mol. The van der Waals surface area contributed by atoms with Crippen LogP contribution >= 0.6 is 11.3 Å². The summed E-state index contributed by atoms with van der Waals surface area (Å²) in [6.45, 7) is 4.27. The largest absolute Gasteiger partial charge is 0.493 e. The molecular weight excluding hydrogens is 420 g/mol. The SMILES string of the molecule is COc1cc(/C=C/C(=O)NC(c2ccc(C(C)C)cc2)c2cccs2)ccc1OCC#N. The Morgan fingerprint density at radius 1 is 1.12 bits per heavy atom. The normalized spacial score (nSPS) is 11.8. The zero-order valence-electron chi connectivity index (χ0n) is 18.4. The Bertz CT molecular complexity index is 1100. The summed E-state index contributed by atoms with van der Waals surface area (Å²) < 4.78 is 10.7. The van der Waals surface area contributed by atoms with Gasteiger partial charge in [-0.2, -0.15) is 5.26 Å². The number of amides is 1. The summed E-state index contributed by atoms with van der Waals surface area (Å²) in [6, 6.07) is 19.4. The average Bonchev–Trinajstić information content (AvgIpc) is 3.34. The van der Waals surface area contributed by atoms with E-state index in [1.165, 1.54) is 18.7 Å². The average molecular weight is 447 g/mol. The van der Waals surface area contributed by atoms with Crippen molar-refractivity contribution in [3.63, 3.8) is 0 Å². The minimum Gasteiger partial charge on any atom is -0.493 e. The van der Waals surface area contributed by atoms with E-state index in [0.717, 1.165) is 16.0 Å². The van der Waals surface area contributed by atoms with Crippen LogP contribution in [0.4, 0.5) is 0 Å². The first-order valence-corrected chi connectivity index (χ1v) is 11.2. The topological polar surface area (TPSA) is 71.3 Å². The Balaban J connectivity index is 1.75. The van der Waals surface area contributed by atoms with Gasteiger partial charge < -0.3 is 14.8 Å². The predicted octanol–water partition coefficient (Wildman–Crippen LogP) is 5.70. The van der Waals surface area contributed by atoms with E-state index in [4.69, 9.17) is 14.7 Å². The van der Waals surface area contributed by atoms with Crippen molar-refractivity contribution in [1.29, 1.82) is 5.26 Å². The minimum absolute atomic E-state index is 0.0593. The third-order valence-corrected chi connectivity index (χ3v) is 5.89. The fourth-order valence-corrected chi connectivity index (χ4v) is 4.03. The molecule has 164 valence electrons. The van der Waals surface area contributed by atoms with Crippen molar-refractivity contribution in [2.24, 2.45) is 0 Å². The first kappa shape index (κ1) is 23.1. The predicted molar refractivity (Wildman–Crippen MR) is 128 cm³/mol. The van der Waals surface area contributed by atoms with Crippen molar-refractivity contribution in [2.75, 3.05) is 13.7 Å². The fourth-order valence-electron chi connectivity index (χ4n) is 3.23. The number of methoxy groups -OCH3 is 1. The van der Waals surface area contributed by atoms with Crippen LogP contribution in [0.2, 0.25) is 0 Å². The highest BCUT2D eigenvalue weighted by Crippen LogP contribution is 2.29. The van der Waals surface area contributed by atoms with Gasteiger partial charge in [-0.3, -0.25) is 4.79 Å². The van der Waals surface area contributed by atoms with Crippen molar-refractivity contribution in [2.45, 2.75) is 25.8 Å². The molecule has 1 amide bonds. The number of rotatable bonds is 9. The first-order valence-electron chi connectivity index (χ1n) is 10.3. The van der Waals surface area contributed by atoms with E-state index in [-0.39, 0.29) is 18.6 Å². The van der Waals surface area contributed by atoms with Crippen molar-refractivity contribution in [3.05, 3.63) is 87.6 Å². The van der Waals surface area contributed by atoms with Crippen LogP contribution < -0.4 is 14.8 Å². The zero-order valence-corrected chi connectivity index (χ0v) is 19.2. The number of nitrogens with zero attached hydrogens (tertiary/aromatic N) is 1. The molecule has 0 aliphatic carbocycles. The molecule has 6 heteroatoms. The van der Waals surface area contributed by atoms with E-state index >= 15 is 0 Å². The van der Waals surface area contributed by atoms with Crippen LogP contribution in [0.5, 0.6) is 11.5 Å². The lowest BCUT2D eigenvalue weighted by Crippen LogP contribution is -2.27. The molecule has 1 atom stereocenters. The number of carbonyl (C=O) groups excluding carboxylic acids is 1. The van der Waals surface area contributed by atoms with Gasteiger partial charge >= 0.3 is 0 Å². The lowest BCUT2D eigenvalue weighted by atomic mass is 9.98. The first-order chi connectivity index (χ1) is 15.5. The van der Waals surface area contributed by atoms with E-state index in [2.05, 4.69) is 43.4 Å². The van der Waals surface area contributed by atoms with Crippen LogP contribution in [0.25, 0.3) is 6.08 Å². The molecule has 0 saturated heterocycles. The summed E-state index contributed by atoms with van der Waals surface area (Å²) in [5.41, 5.74) is 3.09. The number of benzene rings is 2. The van der Waals surface area contributed by atoms with E-state index < -0.39 is 0 Å².